The maximum Gasteiger partial charge on any atom is 0.367 e. The molecule has 0 heterocycles. The molecule has 4 unspecified atom stereocenters. The van der Waals surface area contributed by atoms with E-state index >= 15 is 0 Å². The van der Waals surface area contributed by atoms with E-state index in [2.05, 4.69) is 24.5 Å². The lowest BCUT2D eigenvalue weighted by Crippen LogP contribution is -2.39. The number of aliphatic carboxylic acids is 1. The fourth-order valence-corrected chi connectivity index (χ4v) is 5.13. The molecule has 4 atom stereocenters. The molecule has 0 amide bonds. The lowest BCUT2D eigenvalue weighted by Gasteiger charge is -2.45. The Labute approximate surface area is 143 Å². The van der Waals surface area contributed by atoms with E-state index < -0.39 is 21.3 Å². The van der Waals surface area contributed by atoms with Gasteiger partial charge < -0.3 is 9.90 Å². The number of carboxylic acids is 1. The molecule has 2 rings (SSSR count). The van der Waals surface area contributed by atoms with Crippen molar-refractivity contribution >= 4 is 15.5 Å². The predicted octanol–water partition coefficient (Wildman–Crippen LogP) is 2.55. The second-order valence-electron chi connectivity index (χ2n) is 7.40. The van der Waals surface area contributed by atoms with E-state index in [9.17, 15) is 23.1 Å². The number of carbonyl (C=O) groups is 1. The minimum absolute atomic E-state index is 0.0408. The molecular weight excluding hydrogens is 333 g/mol. The Morgan fingerprint density at radius 1 is 1.54 bits per heavy atom. The van der Waals surface area contributed by atoms with E-state index in [4.69, 9.17) is 0 Å². The van der Waals surface area contributed by atoms with Crippen LogP contribution in [-0.2, 0) is 4.79 Å². The molecule has 0 bridgehead atoms. The van der Waals surface area contributed by atoms with E-state index in [1.807, 2.05) is 6.92 Å². The van der Waals surface area contributed by atoms with Crippen molar-refractivity contribution in [2.24, 2.45) is 23.2 Å². The van der Waals surface area contributed by atoms with Crippen LogP contribution in [0.4, 0.5) is 13.2 Å². The summed E-state index contributed by atoms with van der Waals surface area (Å²) in [5.74, 6) is -1.80. The van der Waals surface area contributed by atoms with Gasteiger partial charge in [-0.15, -0.1) is 11.5 Å². The van der Waals surface area contributed by atoms with Crippen LogP contribution in [0, 0.1) is 34.6 Å². The fourth-order valence-electron chi connectivity index (χ4n) is 4.66. The standard InChI is InChI=1S/C18H25F3O2Si/c1-12(5-4-10-24-18(19,20)21)14-7-8-15-13(11-16(22)23)6-3-9-17(14,15)2/h7,12-13,15H,3,5-6,8-9,11,24H2,1-2H3,(H,22,23)/p-1. The van der Waals surface area contributed by atoms with Gasteiger partial charge in [-0.1, -0.05) is 31.9 Å². The Hall–Kier alpha value is -1.22. The van der Waals surface area contributed by atoms with Gasteiger partial charge in [0, 0.05) is 12.4 Å². The van der Waals surface area contributed by atoms with Crippen molar-refractivity contribution in [1.29, 1.82) is 0 Å². The minimum atomic E-state index is -4.10. The normalized spacial score (nSPS) is 31.3. The molecule has 6 heteroatoms. The third-order valence-corrected chi connectivity index (χ3v) is 6.52. The van der Waals surface area contributed by atoms with Crippen molar-refractivity contribution in [2.75, 3.05) is 0 Å². The second-order valence-corrected chi connectivity index (χ2v) is 8.91. The molecule has 0 aliphatic heterocycles. The van der Waals surface area contributed by atoms with Crippen LogP contribution in [0.1, 0.15) is 52.4 Å². The van der Waals surface area contributed by atoms with Gasteiger partial charge in [-0.05, 0) is 48.9 Å². The van der Waals surface area contributed by atoms with Crippen LogP contribution in [0.25, 0.3) is 0 Å². The van der Waals surface area contributed by atoms with Crippen LogP contribution in [0.3, 0.4) is 0 Å². The van der Waals surface area contributed by atoms with E-state index in [0.29, 0.717) is 12.3 Å². The monoisotopic (exact) mass is 357 g/mol. The van der Waals surface area contributed by atoms with Gasteiger partial charge in [-0.3, -0.25) is 0 Å². The summed E-state index contributed by atoms with van der Waals surface area (Å²) < 4.78 is 36.6. The van der Waals surface area contributed by atoms with Gasteiger partial charge in [-0.25, -0.2) is 0 Å². The van der Waals surface area contributed by atoms with Crippen LogP contribution in [-0.4, -0.2) is 21.3 Å². The zero-order valence-corrected chi connectivity index (χ0v) is 15.6. The van der Waals surface area contributed by atoms with Gasteiger partial charge in [0.25, 0.3) is 0 Å². The smallest absolute Gasteiger partial charge is 0.367 e. The molecule has 0 N–H and O–H groups in total. The summed E-state index contributed by atoms with van der Waals surface area (Å²) in [7, 11) is -2.33. The van der Waals surface area contributed by atoms with Crippen molar-refractivity contribution in [3.63, 3.8) is 0 Å². The molecule has 1 saturated carbocycles. The van der Waals surface area contributed by atoms with E-state index in [-0.39, 0.29) is 23.7 Å². The molecule has 0 saturated heterocycles. The lowest BCUT2D eigenvalue weighted by atomic mass is 9.59. The van der Waals surface area contributed by atoms with E-state index in [1.54, 1.807) is 0 Å². The summed E-state index contributed by atoms with van der Waals surface area (Å²) in [6.07, 6.45) is 6.52. The average Bonchev–Trinajstić information content (AvgIpc) is 2.80. The molecule has 1 fully saturated rings. The first-order valence-corrected chi connectivity index (χ1v) is 9.98. The number of carboxylic acid groups (broad SMARTS) is 1. The summed E-state index contributed by atoms with van der Waals surface area (Å²) >= 11 is 0. The Morgan fingerprint density at radius 2 is 2.25 bits per heavy atom. The predicted molar refractivity (Wildman–Crippen MR) is 87.4 cm³/mol. The summed E-state index contributed by atoms with van der Waals surface area (Å²) in [5.41, 5.74) is 3.57. The summed E-state index contributed by atoms with van der Waals surface area (Å²) in [6, 6.07) is 0. The highest BCUT2D eigenvalue weighted by molar-refractivity contribution is 6.48. The van der Waals surface area contributed by atoms with Crippen LogP contribution in [0.2, 0.25) is 0 Å². The van der Waals surface area contributed by atoms with E-state index in [0.717, 1.165) is 25.7 Å². The third-order valence-electron chi connectivity index (χ3n) is 5.69. The maximum absolute atomic E-state index is 12.2. The van der Waals surface area contributed by atoms with Gasteiger partial charge in [0.05, 0.1) is 0 Å². The molecule has 0 spiro atoms. The molecule has 134 valence electrons. The molecule has 2 aliphatic carbocycles. The van der Waals surface area contributed by atoms with E-state index in [1.165, 1.54) is 5.57 Å². The van der Waals surface area contributed by atoms with Crippen LogP contribution < -0.4 is 5.11 Å². The number of carbonyl (C=O) groups excluding carboxylic acids is 1. The molecule has 0 radical (unpaired) electrons. The number of allylic oxidation sites excluding steroid dienone is 2. The minimum Gasteiger partial charge on any atom is -0.550 e. The number of hydrogen-bond donors (Lipinski definition) is 0. The Bertz CT molecular complexity index is 573. The molecular formula is C18H24F3O2Si-. The molecule has 0 aromatic carbocycles. The summed E-state index contributed by atoms with van der Waals surface area (Å²) in [5, 5.41) is 11.0. The quantitative estimate of drug-likeness (QED) is 0.441. The van der Waals surface area contributed by atoms with Gasteiger partial charge in [-0.2, -0.15) is 13.2 Å². The average molecular weight is 357 g/mol. The largest absolute Gasteiger partial charge is 0.550 e. The number of hydrogen-bond acceptors (Lipinski definition) is 2. The SMILES string of the molecule is CC(CC#C[SiH2]C(F)(F)F)C1=CCC2C(CC(=O)[O-])CCCC12C. The number of halogens is 3. The zero-order chi connectivity index (χ0) is 18.0. The van der Waals surface area contributed by atoms with Gasteiger partial charge in [0.1, 0.15) is 0 Å². The highest BCUT2D eigenvalue weighted by Crippen LogP contribution is 2.57. The lowest BCUT2D eigenvalue weighted by molar-refractivity contribution is -0.307. The van der Waals surface area contributed by atoms with Crippen molar-refractivity contribution in [1.82, 2.24) is 0 Å². The van der Waals surface area contributed by atoms with Crippen LogP contribution >= 0.6 is 0 Å². The first kappa shape index (κ1) is 19.1. The van der Waals surface area contributed by atoms with Crippen molar-refractivity contribution < 1.29 is 23.1 Å². The third kappa shape index (κ3) is 4.44. The molecule has 2 nitrogen and oxygen atoms in total. The summed E-state index contributed by atoms with van der Waals surface area (Å²) in [4.78, 5) is 11.0. The number of rotatable bonds is 4. The maximum atomic E-state index is 12.2. The van der Waals surface area contributed by atoms with Gasteiger partial charge in [0.2, 0.25) is 9.52 Å². The number of fused-ring (bicyclic) bond motifs is 1. The Morgan fingerprint density at radius 3 is 2.88 bits per heavy atom. The van der Waals surface area contributed by atoms with Crippen molar-refractivity contribution in [3.8, 4) is 11.5 Å². The highest BCUT2D eigenvalue weighted by Gasteiger charge is 2.47. The van der Waals surface area contributed by atoms with Gasteiger partial charge >= 0.3 is 5.80 Å². The number of alkyl halides is 3. The zero-order valence-electron chi connectivity index (χ0n) is 14.2. The van der Waals surface area contributed by atoms with Gasteiger partial charge in [0.15, 0.2) is 0 Å². The Balaban J connectivity index is 2.02. The first-order chi connectivity index (χ1) is 11.1. The molecule has 0 aromatic rings. The van der Waals surface area contributed by atoms with Crippen LogP contribution in [0.15, 0.2) is 11.6 Å². The molecule has 24 heavy (non-hydrogen) atoms. The topological polar surface area (TPSA) is 40.1 Å². The second kappa shape index (κ2) is 7.34. The molecule has 0 aromatic heterocycles. The van der Waals surface area contributed by atoms with Crippen molar-refractivity contribution in [2.45, 2.75) is 58.2 Å². The summed E-state index contributed by atoms with van der Waals surface area (Å²) in [6.45, 7) is 4.21. The molecule has 2 aliphatic rings. The highest BCUT2D eigenvalue weighted by atomic mass is 28.2. The Kier molecular flexibility index (Phi) is 5.85. The fraction of sp³-hybridized carbons (Fsp3) is 0.722. The van der Waals surface area contributed by atoms with Crippen LogP contribution in [0.5, 0.6) is 0 Å². The first-order valence-electron chi connectivity index (χ1n) is 8.56. The van der Waals surface area contributed by atoms with Crippen molar-refractivity contribution in [3.05, 3.63) is 11.6 Å².